The number of hydrogen-bond donors (Lipinski definition) is 1. The molecule has 0 fully saturated rings. The number of thiophene rings is 1. The summed E-state index contributed by atoms with van der Waals surface area (Å²) >= 11 is 5.01. The molecule has 0 aliphatic rings. The van der Waals surface area contributed by atoms with E-state index < -0.39 is 9.84 Å². The van der Waals surface area contributed by atoms with Crippen molar-refractivity contribution in [3.63, 3.8) is 0 Å². The molecule has 0 bridgehead atoms. The van der Waals surface area contributed by atoms with Crippen LogP contribution in [-0.4, -0.2) is 20.7 Å². The van der Waals surface area contributed by atoms with Crippen LogP contribution in [0.1, 0.15) is 10.4 Å². The largest absolute Gasteiger partial charge is 0.311 e. The molecule has 2 aromatic rings. The summed E-state index contributed by atoms with van der Waals surface area (Å²) in [6.45, 7) is 1.04. The minimum absolute atomic E-state index is 0.0332. The summed E-state index contributed by atoms with van der Waals surface area (Å²) in [6.07, 6.45) is 0. The fraction of sp³-hybridized carbons (Fsp3) is 0.214. The Kier molecular flexibility index (Phi) is 5.53. The van der Waals surface area contributed by atoms with Gasteiger partial charge in [-0.1, -0.05) is 0 Å². The van der Waals surface area contributed by atoms with Crippen molar-refractivity contribution in [1.29, 1.82) is 5.26 Å². The number of nitriles is 1. The summed E-state index contributed by atoms with van der Waals surface area (Å²) < 4.78 is 25.3. The molecule has 0 unspecified atom stereocenters. The van der Waals surface area contributed by atoms with Gasteiger partial charge in [-0.15, -0.1) is 11.3 Å². The third-order valence-electron chi connectivity index (χ3n) is 2.82. The maximum Gasteiger partial charge on any atom is 0.179 e. The van der Waals surface area contributed by atoms with E-state index in [-0.39, 0.29) is 10.6 Å². The molecular formula is C14H13BrN2O2S2. The lowest BCUT2D eigenvalue weighted by molar-refractivity contribution is 0.591. The maximum atomic E-state index is 12.1. The van der Waals surface area contributed by atoms with Crippen LogP contribution in [0.5, 0.6) is 0 Å². The van der Waals surface area contributed by atoms with Crippen LogP contribution in [0, 0.1) is 11.3 Å². The van der Waals surface area contributed by atoms with Gasteiger partial charge in [-0.2, -0.15) is 5.26 Å². The Balaban J connectivity index is 1.87. The minimum Gasteiger partial charge on any atom is -0.311 e. The van der Waals surface area contributed by atoms with Crippen LogP contribution < -0.4 is 5.32 Å². The molecule has 21 heavy (non-hydrogen) atoms. The van der Waals surface area contributed by atoms with Gasteiger partial charge in [-0.25, -0.2) is 8.42 Å². The predicted octanol–water partition coefficient (Wildman–Crippen LogP) is 2.95. The maximum absolute atomic E-state index is 12.1. The normalized spacial score (nSPS) is 11.2. The van der Waals surface area contributed by atoms with Crippen LogP contribution >= 0.6 is 27.3 Å². The fourth-order valence-corrected chi connectivity index (χ4v) is 4.37. The zero-order valence-electron chi connectivity index (χ0n) is 11.0. The predicted molar refractivity (Wildman–Crippen MR) is 86.9 cm³/mol. The number of rotatable bonds is 6. The number of benzene rings is 1. The van der Waals surface area contributed by atoms with Gasteiger partial charge in [0.15, 0.2) is 9.84 Å². The van der Waals surface area contributed by atoms with E-state index in [9.17, 15) is 8.42 Å². The third-order valence-corrected chi connectivity index (χ3v) is 6.17. The second-order valence-electron chi connectivity index (χ2n) is 4.34. The first-order valence-electron chi connectivity index (χ1n) is 6.19. The summed E-state index contributed by atoms with van der Waals surface area (Å²) in [5.74, 6) is 0.0332. The summed E-state index contributed by atoms with van der Waals surface area (Å²) in [4.78, 5) is 1.40. The van der Waals surface area contributed by atoms with Crippen molar-refractivity contribution >= 4 is 37.1 Å². The van der Waals surface area contributed by atoms with Gasteiger partial charge in [0.05, 0.1) is 26.1 Å². The van der Waals surface area contributed by atoms with Crippen molar-refractivity contribution in [2.45, 2.75) is 11.4 Å². The van der Waals surface area contributed by atoms with Crippen molar-refractivity contribution in [1.82, 2.24) is 5.32 Å². The Morgan fingerprint density at radius 1 is 1.19 bits per heavy atom. The molecule has 0 aliphatic heterocycles. The van der Waals surface area contributed by atoms with E-state index in [1.165, 1.54) is 24.3 Å². The van der Waals surface area contributed by atoms with E-state index in [1.807, 2.05) is 18.2 Å². The van der Waals surface area contributed by atoms with Crippen molar-refractivity contribution < 1.29 is 8.42 Å². The van der Waals surface area contributed by atoms with Crippen LogP contribution in [0.25, 0.3) is 0 Å². The third kappa shape index (κ3) is 4.64. The monoisotopic (exact) mass is 384 g/mol. The summed E-state index contributed by atoms with van der Waals surface area (Å²) in [7, 11) is -3.31. The van der Waals surface area contributed by atoms with Gasteiger partial charge in [0, 0.05) is 18.0 Å². The highest BCUT2D eigenvalue weighted by atomic mass is 79.9. The molecule has 0 atom stereocenters. The molecule has 0 radical (unpaired) electrons. The molecule has 4 nitrogen and oxygen atoms in total. The molecule has 1 aromatic carbocycles. The zero-order valence-corrected chi connectivity index (χ0v) is 14.3. The van der Waals surface area contributed by atoms with Crippen molar-refractivity contribution in [3.8, 4) is 6.07 Å². The fourth-order valence-electron chi connectivity index (χ4n) is 1.72. The van der Waals surface area contributed by atoms with Crippen LogP contribution in [0.15, 0.2) is 45.1 Å². The highest BCUT2D eigenvalue weighted by Gasteiger charge is 2.13. The molecule has 0 spiro atoms. The summed E-state index contributed by atoms with van der Waals surface area (Å²) in [6, 6.07) is 11.9. The number of halogens is 1. The number of hydrogen-bond acceptors (Lipinski definition) is 5. The standard InChI is InChI=1S/C14H13BrN2O2S2/c15-14-6-3-12(20-14)10-17-7-8-21(18,19)13-4-1-11(9-16)2-5-13/h1-6,17H,7-8,10H2. The number of sulfone groups is 1. The molecule has 2 rings (SSSR count). The quantitative estimate of drug-likeness (QED) is 0.777. The lowest BCUT2D eigenvalue weighted by Gasteiger charge is -2.05. The Labute approximate surface area is 136 Å². The summed E-state index contributed by atoms with van der Waals surface area (Å²) in [5, 5.41) is 11.8. The number of nitrogens with one attached hydrogen (secondary N) is 1. The molecule has 0 saturated carbocycles. The van der Waals surface area contributed by atoms with Crippen LogP contribution in [0.4, 0.5) is 0 Å². The average Bonchev–Trinajstić information content (AvgIpc) is 2.89. The molecule has 1 N–H and O–H groups in total. The Bertz CT molecular complexity index is 746. The minimum atomic E-state index is -3.31. The molecule has 0 saturated heterocycles. The SMILES string of the molecule is N#Cc1ccc(S(=O)(=O)CCNCc2ccc(Br)s2)cc1. The first-order chi connectivity index (χ1) is 10.0. The van der Waals surface area contributed by atoms with E-state index in [1.54, 1.807) is 11.3 Å². The van der Waals surface area contributed by atoms with Gasteiger partial charge >= 0.3 is 0 Å². The Morgan fingerprint density at radius 2 is 1.90 bits per heavy atom. The van der Waals surface area contributed by atoms with Gasteiger partial charge in [0.2, 0.25) is 0 Å². The molecule has 0 amide bonds. The highest BCUT2D eigenvalue weighted by Crippen LogP contribution is 2.21. The van der Waals surface area contributed by atoms with Gasteiger partial charge in [0.1, 0.15) is 0 Å². The highest BCUT2D eigenvalue weighted by molar-refractivity contribution is 9.11. The molecular weight excluding hydrogens is 372 g/mol. The van der Waals surface area contributed by atoms with E-state index >= 15 is 0 Å². The van der Waals surface area contributed by atoms with E-state index in [2.05, 4.69) is 21.2 Å². The molecule has 1 heterocycles. The van der Waals surface area contributed by atoms with Crippen LogP contribution in [-0.2, 0) is 16.4 Å². The second kappa shape index (κ2) is 7.18. The molecule has 110 valence electrons. The lowest BCUT2D eigenvalue weighted by Crippen LogP contribution is -2.22. The lowest BCUT2D eigenvalue weighted by atomic mass is 10.2. The van der Waals surface area contributed by atoms with Crippen LogP contribution in [0.3, 0.4) is 0 Å². The first-order valence-corrected chi connectivity index (χ1v) is 9.45. The van der Waals surface area contributed by atoms with Crippen LogP contribution in [0.2, 0.25) is 0 Å². The van der Waals surface area contributed by atoms with Gasteiger partial charge in [0.25, 0.3) is 0 Å². The average molecular weight is 385 g/mol. The first kappa shape index (κ1) is 16.2. The smallest absolute Gasteiger partial charge is 0.179 e. The summed E-state index contributed by atoms with van der Waals surface area (Å²) in [5.41, 5.74) is 0.454. The Hall–Kier alpha value is -1.20. The Morgan fingerprint density at radius 3 is 2.48 bits per heavy atom. The van der Waals surface area contributed by atoms with Crippen molar-refractivity contribution in [2.75, 3.05) is 12.3 Å². The van der Waals surface area contributed by atoms with Gasteiger partial charge in [-0.05, 0) is 52.3 Å². The number of nitrogens with zero attached hydrogens (tertiary/aromatic N) is 1. The zero-order chi connectivity index (χ0) is 15.3. The second-order valence-corrected chi connectivity index (χ2v) is 8.99. The molecule has 0 aliphatic carbocycles. The van der Waals surface area contributed by atoms with Crippen molar-refractivity contribution in [3.05, 3.63) is 50.6 Å². The molecule has 7 heteroatoms. The van der Waals surface area contributed by atoms with E-state index in [0.29, 0.717) is 18.7 Å². The molecule has 1 aromatic heterocycles. The van der Waals surface area contributed by atoms with Gasteiger partial charge < -0.3 is 5.32 Å². The van der Waals surface area contributed by atoms with Crippen molar-refractivity contribution in [2.24, 2.45) is 0 Å². The topological polar surface area (TPSA) is 70.0 Å². The van der Waals surface area contributed by atoms with E-state index in [4.69, 9.17) is 5.26 Å². The van der Waals surface area contributed by atoms with Gasteiger partial charge in [-0.3, -0.25) is 0 Å². The van der Waals surface area contributed by atoms with E-state index in [0.717, 1.165) is 8.66 Å².